The van der Waals surface area contributed by atoms with E-state index in [9.17, 15) is 15.2 Å². The molecule has 106 valence electrons. The van der Waals surface area contributed by atoms with E-state index in [1.165, 1.54) is 12.1 Å². The Balaban J connectivity index is 2.06. The predicted octanol–water partition coefficient (Wildman–Crippen LogP) is 1.59. The summed E-state index contributed by atoms with van der Waals surface area (Å²) in [6.07, 6.45) is 3.67. The second-order valence-corrected chi connectivity index (χ2v) is 5.22. The van der Waals surface area contributed by atoms with E-state index in [1.807, 2.05) is 6.07 Å². The average Bonchev–Trinajstić information content (AvgIpc) is 2.45. The molecular formula is C15H19N3O2. The number of rotatable bonds is 3. The Morgan fingerprint density at radius 1 is 1.45 bits per heavy atom. The standard InChI is InChI=1S/C15H19N3O2/c16-9-14(10-4-3-5-11(19)8-10)18-15(20)12-6-1-2-7-13(12)17/h3-5,8,12-14,19H,1-2,6-7,17H2,(H,18,20)/t12-,13-,14+/m1/s1. The summed E-state index contributed by atoms with van der Waals surface area (Å²) in [7, 11) is 0. The molecule has 0 aliphatic heterocycles. The van der Waals surface area contributed by atoms with Gasteiger partial charge < -0.3 is 16.2 Å². The third kappa shape index (κ3) is 3.28. The summed E-state index contributed by atoms with van der Waals surface area (Å²) >= 11 is 0. The number of phenols is 1. The number of hydrogen-bond acceptors (Lipinski definition) is 4. The van der Waals surface area contributed by atoms with Crippen LogP contribution < -0.4 is 11.1 Å². The number of amides is 1. The van der Waals surface area contributed by atoms with Crippen molar-refractivity contribution in [2.75, 3.05) is 0 Å². The lowest BCUT2D eigenvalue weighted by Gasteiger charge is -2.28. The third-order valence-electron chi connectivity index (χ3n) is 3.78. The predicted molar refractivity (Wildman–Crippen MR) is 74.5 cm³/mol. The lowest BCUT2D eigenvalue weighted by Crippen LogP contribution is -2.44. The molecule has 0 unspecified atom stereocenters. The quantitative estimate of drug-likeness (QED) is 0.778. The molecule has 5 heteroatoms. The van der Waals surface area contributed by atoms with Crippen LogP contribution in [0.1, 0.15) is 37.3 Å². The highest BCUT2D eigenvalue weighted by molar-refractivity contribution is 5.80. The van der Waals surface area contributed by atoms with E-state index < -0.39 is 6.04 Å². The molecule has 2 rings (SSSR count). The van der Waals surface area contributed by atoms with Crippen LogP contribution >= 0.6 is 0 Å². The van der Waals surface area contributed by atoms with Crippen LogP contribution in [-0.2, 0) is 4.79 Å². The minimum absolute atomic E-state index is 0.0753. The molecule has 1 fully saturated rings. The fraction of sp³-hybridized carbons (Fsp3) is 0.467. The van der Waals surface area contributed by atoms with Crippen LogP contribution in [0.3, 0.4) is 0 Å². The van der Waals surface area contributed by atoms with Gasteiger partial charge in [-0.1, -0.05) is 25.0 Å². The number of nitrogens with one attached hydrogen (secondary N) is 1. The third-order valence-corrected chi connectivity index (χ3v) is 3.78. The molecule has 20 heavy (non-hydrogen) atoms. The van der Waals surface area contributed by atoms with Gasteiger partial charge in [0.15, 0.2) is 0 Å². The van der Waals surface area contributed by atoms with Gasteiger partial charge in [-0.25, -0.2) is 0 Å². The van der Waals surface area contributed by atoms with Crippen LogP contribution in [0.15, 0.2) is 24.3 Å². The first-order valence-corrected chi connectivity index (χ1v) is 6.86. The maximum atomic E-state index is 12.2. The molecule has 1 amide bonds. The van der Waals surface area contributed by atoms with E-state index in [1.54, 1.807) is 12.1 Å². The van der Waals surface area contributed by atoms with Crippen molar-refractivity contribution in [1.29, 1.82) is 5.26 Å². The first-order valence-electron chi connectivity index (χ1n) is 6.86. The molecule has 5 nitrogen and oxygen atoms in total. The molecule has 1 aromatic rings. The van der Waals surface area contributed by atoms with Gasteiger partial charge in [-0.15, -0.1) is 0 Å². The van der Waals surface area contributed by atoms with Crippen LogP contribution in [0.2, 0.25) is 0 Å². The van der Waals surface area contributed by atoms with Gasteiger partial charge in [0.25, 0.3) is 0 Å². The summed E-state index contributed by atoms with van der Waals surface area (Å²) in [4.78, 5) is 12.2. The van der Waals surface area contributed by atoms with Gasteiger partial charge in [0.05, 0.1) is 12.0 Å². The molecule has 0 bridgehead atoms. The van der Waals surface area contributed by atoms with E-state index in [2.05, 4.69) is 5.32 Å². The zero-order valence-electron chi connectivity index (χ0n) is 11.2. The Bertz CT molecular complexity index is 524. The van der Waals surface area contributed by atoms with Gasteiger partial charge in [0.2, 0.25) is 5.91 Å². The molecule has 0 aromatic heterocycles. The number of nitriles is 1. The second kappa shape index (κ2) is 6.40. The van der Waals surface area contributed by atoms with Crippen molar-refractivity contribution >= 4 is 5.91 Å². The summed E-state index contributed by atoms with van der Waals surface area (Å²) in [6.45, 7) is 0. The molecule has 0 spiro atoms. The topological polar surface area (TPSA) is 99.1 Å². The summed E-state index contributed by atoms with van der Waals surface area (Å²) in [5, 5.41) is 21.4. The molecule has 0 heterocycles. The van der Waals surface area contributed by atoms with Crippen LogP contribution in [0, 0.1) is 17.2 Å². The first kappa shape index (κ1) is 14.4. The van der Waals surface area contributed by atoms with Crippen molar-refractivity contribution in [3.63, 3.8) is 0 Å². The number of hydrogen-bond donors (Lipinski definition) is 3. The Morgan fingerprint density at radius 2 is 2.20 bits per heavy atom. The Kier molecular flexibility index (Phi) is 4.59. The highest BCUT2D eigenvalue weighted by Gasteiger charge is 2.29. The number of nitrogens with two attached hydrogens (primary N) is 1. The summed E-state index contributed by atoms with van der Waals surface area (Å²) < 4.78 is 0. The number of benzene rings is 1. The Labute approximate surface area is 118 Å². The van der Waals surface area contributed by atoms with E-state index in [-0.39, 0.29) is 23.6 Å². The zero-order valence-corrected chi connectivity index (χ0v) is 11.2. The summed E-state index contributed by atoms with van der Waals surface area (Å²) in [6, 6.07) is 7.51. The zero-order chi connectivity index (χ0) is 14.5. The highest BCUT2D eigenvalue weighted by atomic mass is 16.3. The van der Waals surface area contributed by atoms with Crippen molar-refractivity contribution in [2.24, 2.45) is 11.7 Å². The molecule has 4 N–H and O–H groups in total. The van der Waals surface area contributed by atoms with Crippen molar-refractivity contribution < 1.29 is 9.90 Å². The van der Waals surface area contributed by atoms with E-state index in [0.717, 1.165) is 25.7 Å². The summed E-state index contributed by atoms with van der Waals surface area (Å²) in [5.41, 5.74) is 6.55. The number of nitrogens with zero attached hydrogens (tertiary/aromatic N) is 1. The van der Waals surface area contributed by atoms with Crippen molar-refractivity contribution in [2.45, 2.75) is 37.8 Å². The van der Waals surface area contributed by atoms with Crippen molar-refractivity contribution in [3.8, 4) is 11.8 Å². The van der Waals surface area contributed by atoms with Gasteiger partial charge in [0, 0.05) is 6.04 Å². The largest absolute Gasteiger partial charge is 0.508 e. The number of carbonyl (C=O) groups is 1. The number of phenolic OH excluding ortho intramolecular Hbond substituents is 1. The minimum Gasteiger partial charge on any atom is -0.508 e. The van der Waals surface area contributed by atoms with Crippen LogP contribution in [0.5, 0.6) is 5.75 Å². The molecule has 0 saturated heterocycles. The van der Waals surface area contributed by atoms with Crippen LogP contribution in [0.25, 0.3) is 0 Å². The molecule has 1 aliphatic carbocycles. The van der Waals surface area contributed by atoms with Crippen LogP contribution in [-0.4, -0.2) is 17.1 Å². The average molecular weight is 273 g/mol. The first-order chi connectivity index (χ1) is 9.61. The van der Waals surface area contributed by atoms with Gasteiger partial charge in [-0.05, 0) is 30.5 Å². The smallest absolute Gasteiger partial charge is 0.225 e. The van der Waals surface area contributed by atoms with Gasteiger partial charge in [-0.2, -0.15) is 5.26 Å². The minimum atomic E-state index is -0.760. The second-order valence-electron chi connectivity index (χ2n) is 5.22. The lowest BCUT2D eigenvalue weighted by molar-refractivity contribution is -0.126. The lowest BCUT2D eigenvalue weighted by atomic mass is 9.84. The maximum absolute atomic E-state index is 12.2. The molecule has 0 radical (unpaired) electrons. The molecular weight excluding hydrogens is 254 g/mol. The van der Waals surface area contributed by atoms with Gasteiger partial charge in [-0.3, -0.25) is 4.79 Å². The fourth-order valence-corrected chi connectivity index (χ4v) is 2.63. The fourth-order valence-electron chi connectivity index (χ4n) is 2.63. The van der Waals surface area contributed by atoms with E-state index in [0.29, 0.717) is 5.56 Å². The molecule has 1 aromatic carbocycles. The maximum Gasteiger partial charge on any atom is 0.225 e. The normalized spacial score (nSPS) is 23.6. The van der Waals surface area contributed by atoms with Gasteiger partial charge in [0.1, 0.15) is 11.8 Å². The van der Waals surface area contributed by atoms with Crippen LogP contribution in [0.4, 0.5) is 0 Å². The molecule has 1 aliphatic rings. The number of carbonyl (C=O) groups excluding carboxylic acids is 1. The monoisotopic (exact) mass is 273 g/mol. The van der Waals surface area contributed by atoms with E-state index >= 15 is 0 Å². The number of aromatic hydroxyl groups is 1. The van der Waals surface area contributed by atoms with Crippen molar-refractivity contribution in [3.05, 3.63) is 29.8 Å². The Hall–Kier alpha value is -2.06. The molecule has 1 saturated carbocycles. The summed E-state index contributed by atoms with van der Waals surface area (Å²) in [5.74, 6) is -0.324. The van der Waals surface area contributed by atoms with E-state index in [4.69, 9.17) is 5.73 Å². The van der Waals surface area contributed by atoms with Crippen molar-refractivity contribution in [1.82, 2.24) is 5.32 Å². The van der Waals surface area contributed by atoms with Gasteiger partial charge >= 0.3 is 0 Å². The SMILES string of the molecule is N#C[C@H](NC(=O)[C@@H]1CCCC[C@H]1N)c1cccc(O)c1. The molecule has 3 atom stereocenters. The highest BCUT2D eigenvalue weighted by Crippen LogP contribution is 2.24. The Morgan fingerprint density at radius 3 is 2.85 bits per heavy atom.